The third-order valence-electron chi connectivity index (χ3n) is 5.75. The van der Waals surface area contributed by atoms with Crippen LogP contribution in [0.2, 0.25) is 0 Å². The predicted octanol–water partition coefficient (Wildman–Crippen LogP) is 3.48. The van der Waals surface area contributed by atoms with Gasteiger partial charge in [0.05, 0.1) is 0 Å². The molecule has 1 amide bonds. The minimum atomic E-state index is -0.212. The Kier molecular flexibility index (Phi) is 6.46. The molecular formula is C25H27N3O3. The Balaban J connectivity index is 1.42. The molecule has 1 aromatic carbocycles. The molecule has 0 bridgehead atoms. The number of hydrogen-bond acceptors (Lipinski definition) is 4. The molecule has 160 valence electrons. The molecule has 1 aliphatic rings. The zero-order chi connectivity index (χ0) is 21.6. The number of hydrogen-bond donors (Lipinski definition) is 0. The summed E-state index contributed by atoms with van der Waals surface area (Å²) in [7, 11) is 0. The monoisotopic (exact) mass is 417 g/mol. The van der Waals surface area contributed by atoms with Gasteiger partial charge in [-0.2, -0.15) is 0 Å². The molecule has 3 heterocycles. The van der Waals surface area contributed by atoms with Gasteiger partial charge in [0.15, 0.2) is 0 Å². The van der Waals surface area contributed by atoms with Gasteiger partial charge in [0.2, 0.25) is 0 Å². The SMILES string of the molecule is Cc1ccn(CCc2ccccc2)c(=O)c1C(=O)N1CCC(Oc2ccncc2)CC1. The molecule has 0 saturated carbocycles. The van der Waals surface area contributed by atoms with Crippen molar-refractivity contribution in [2.75, 3.05) is 13.1 Å². The average molecular weight is 418 g/mol. The predicted molar refractivity (Wildman–Crippen MR) is 119 cm³/mol. The number of likely N-dealkylation sites (tertiary alicyclic amines) is 1. The van der Waals surface area contributed by atoms with E-state index in [9.17, 15) is 9.59 Å². The Morgan fingerprint density at radius 2 is 1.77 bits per heavy atom. The number of ether oxygens (including phenoxy) is 1. The van der Waals surface area contributed by atoms with Crippen molar-refractivity contribution < 1.29 is 9.53 Å². The van der Waals surface area contributed by atoms with Gasteiger partial charge in [-0.25, -0.2) is 0 Å². The van der Waals surface area contributed by atoms with Crippen molar-refractivity contribution in [3.8, 4) is 5.75 Å². The number of carbonyl (C=O) groups is 1. The first kappa shape index (κ1) is 20.8. The molecule has 0 unspecified atom stereocenters. The van der Waals surface area contributed by atoms with Gasteiger partial charge in [0.1, 0.15) is 17.4 Å². The summed E-state index contributed by atoms with van der Waals surface area (Å²) in [6, 6.07) is 15.6. The highest BCUT2D eigenvalue weighted by Gasteiger charge is 2.27. The van der Waals surface area contributed by atoms with E-state index in [2.05, 4.69) is 4.98 Å². The van der Waals surface area contributed by atoms with E-state index < -0.39 is 0 Å². The van der Waals surface area contributed by atoms with Crippen molar-refractivity contribution in [3.05, 3.63) is 94.2 Å². The summed E-state index contributed by atoms with van der Waals surface area (Å²) in [5.74, 6) is 0.610. The smallest absolute Gasteiger partial charge is 0.263 e. The lowest BCUT2D eigenvalue weighted by molar-refractivity contribution is 0.0592. The molecule has 2 aromatic heterocycles. The van der Waals surface area contributed by atoms with E-state index in [0.717, 1.165) is 30.6 Å². The molecule has 31 heavy (non-hydrogen) atoms. The molecule has 4 rings (SSSR count). The lowest BCUT2D eigenvalue weighted by Gasteiger charge is -2.32. The van der Waals surface area contributed by atoms with Gasteiger partial charge < -0.3 is 14.2 Å². The van der Waals surface area contributed by atoms with Gasteiger partial charge in [-0.1, -0.05) is 30.3 Å². The van der Waals surface area contributed by atoms with Crippen molar-refractivity contribution in [3.63, 3.8) is 0 Å². The van der Waals surface area contributed by atoms with E-state index in [1.165, 1.54) is 5.56 Å². The van der Waals surface area contributed by atoms with Crippen LogP contribution in [0.15, 0.2) is 71.9 Å². The fourth-order valence-electron chi connectivity index (χ4n) is 3.94. The first-order valence-electron chi connectivity index (χ1n) is 10.7. The lowest BCUT2D eigenvalue weighted by Crippen LogP contribution is -2.44. The Hall–Kier alpha value is -3.41. The Morgan fingerprint density at radius 1 is 1.06 bits per heavy atom. The zero-order valence-electron chi connectivity index (χ0n) is 17.7. The topological polar surface area (TPSA) is 64.4 Å². The Bertz CT molecular complexity index is 1070. The normalized spacial score (nSPS) is 14.4. The van der Waals surface area contributed by atoms with Crippen LogP contribution < -0.4 is 10.3 Å². The number of carbonyl (C=O) groups excluding carboxylic acids is 1. The average Bonchev–Trinajstić information content (AvgIpc) is 2.80. The fraction of sp³-hybridized carbons (Fsp3) is 0.320. The molecule has 0 radical (unpaired) electrons. The number of piperidine rings is 1. The highest BCUT2D eigenvalue weighted by Crippen LogP contribution is 2.19. The summed E-state index contributed by atoms with van der Waals surface area (Å²) >= 11 is 0. The van der Waals surface area contributed by atoms with Crippen LogP contribution in [0.25, 0.3) is 0 Å². The van der Waals surface area contributed by atoms with Crippen LogP contribution in [0, 0.1) is 6.92 Å². The van der Waals surface area contributed by atoms with Gasteiger partial charge in [-0.3, -0.25) is 14.6 Å². The van der Waals surface area contributed by atoms with Crippen LogP contribution in [0.5, 0.6) is 5.75 Å². The molecule has 0 spiro atoms. The summed E-state index contributed by atoms with van der Waals surface area (Å²) in [5, 5.41) is 0. The van der Waals surface area contributed by atoms with Gasteiger partial charge in [-0.05, 0) is 42.7 Å². The Morgan fingerprint density at radius 3 is 2.48 bits per heavy atom. The largest absolute Gasteiger partial charge is 0.490 e. The molecule has 6 heteroatoms. The fourth-order valence-corrected chi connectivity index (χ4v) is 3.94. The van der Waals surface area contributed by atoms with E-state index in [1.807, 2.05) is 55.5 Å². The van der Waals surface area contributed by atoms with Crippen molar-refractivity contribution >= 4 is 5.91 Å². The number of amides is 1. The van der Waals surface area contributed by atoms with Gasteiger partial charge in [0.25, 0.3) is 11.5 Å². The second-order valence-electron chi connectivity index (χ2n) is 7.90. The summed E-state index contributed by atoms with van der Waals surface area (Å²) in [5.41, 5.74) is 1.96. The summed E-state index contributed by atoms with van der Waals surface area (Å²) < 4.78 is 7.63. The standard InChI is InChI=1S/C25H27N3O3/c1-19-9-15-27(16-10-20-5-3-2-4-6-20)24(29)23(19)25(30)28-17-11-22(12-18-28)31-21-7-13-26-14-8-21/h2-9,13-15,22H,10-12,16-18H2,1H3. The van der Waals surface area contributed by atoms with E-state index >= 15 is 0 Å². The number of rotatable bonds is 6. The van der Waals surface area contributed by atoms with Gasteiger partial charge in [0, 0.05) is 51.1 Å². The molecule has 0 N–H and O–H groups in total. The summed E-state index contributed by atoms with van der Waals surface area (Å²) in [6.07, 6.45) is 7.47. The molecule has 0 aliphatic carbocycles. The van der Waals surface area contributed by atoms with Crippen LogP contribution >= 0.6 is 0 Å². The third kappa shape index (κ3) is 5.02. The minimum absolute atomic E-state index is 0.0610. The molecule has 0 atom stereocenters. The van der Waals surface area contributed by atoms with Crippen LogP contribution in [0.1, 0.15) is 34.3 Å². The molecule has 1 aliphatic heterocycles. The highest BCUT2D eigenvalue weighted by atomic mass is 16.5. The first-order chi connectivity index (χ1) is 15.1. The van der Waals surface area contributed by atoms with Crippen molar-refractivity contribution in [1.82, 2.24) is 14.5 Å². The molecular weight excluding hydrogens is 390 g/mol. The lowest BCUT2D eigenvalue weighted by atomic mass is 10.0. The van der Waals surface area contributed by atoms with Crippen molar-refractivity contribution in [2.24, 2.45) is 0 Å². The number of pyridine rings is 2. The highest BCUT2D eigenvalue weighted by molar-refractivity contribution is 5.95. The van der Waals surface area contributed by atoms with E-state index in [1.54, 1.807) is 28.1 Å². The third-order valence-corrected chi connectivity index (χ3v) is 5.75. The number of benzene rings is 1. The van der Waals surface area contributed by atoms with E-state index in [-0.39, 0.29) is 23.1 Å². The summed E-state index contributed by atoms with van der Waals surface area (Å²) in [6.45, 7) is 3.53. The maximum absolute atomic E-state index is 13.2. The van der Waals surface area contributed by atoms with Crippen molar-refractivity contribution in [1.29, 1.82) is 0 Å². The number of nitrogens with zero attached hydrogens (tertiary/aromatic N) is 3. The molecule has 1 saturated heterocycles. The van der Waals surface area contributed by atoms with Crippen LogP contribution in [-0.4, -0.2) is 39.6 Å². The number of aryl methyl sites for hydroxylation is 3. The molecule has 3 aromatic rings. The maximum atomic E-state index is 13.2. The van der Waals surface area contributed by atoms with E-state index in [0.29, 0.717) is 19.6 Å². The van der Waals surface area contributed by atoms with Crippen LogP contribution in [-0.2, 0) is 13.0 Å². The maximum Gasteiger partial charge on any atom is 0.263 e. The van der Waals surface area contributed by atoms with Gasteiger partial charge >= 0.3 is 0 Å². The minimum Gasteiger partial charge on any atom is -0.490 e. The van der Waals surface area contributed by atoms with Crippen LogP contribution in [0.3, 0.4) is 0 Å². The quantitative estimate of drug-likeness (QED) is 0.616. The van der Waals surface area contributed by atoms with Crippen LogP contribution in [0.4, 0.5) is 0 Å². The van der Waals surface area contributed by atoms with Gasteiger partial charge in [-0.15, -0.1) is 0 Å². The number of aromatic nitrogens is 2. The Labute approximate surface area is 182 Å². The van der Waals surface area contributed by atoms with E-state index in [4.69, 9.17) is 4.74 Å². The molecule has 1 fully saturated rings. The second kappa shape index (κ2) is 9.60. The first-order valence-corrected chi connectivity index (χ1v) is 10.7. The second-order valence-corrected chi connectivity index (χ2v) is 7.90. The summed E-state index contributed by atoms with van der Waals surface area (Å²) in [4.78, 5) is 32.1. The van der Waals surface area contributed by atoms with Crippen molar-refractivity contribution in [2.45, 2.75) is 38.8 Å². The zero-order valence-corrected chi connectivity index (χ0v) is 17.7. The molecule has 6 nitrogen and oxygen atoms in total.